The molecule has 0 aliphatic heterocycles. The van der Waals surface area contributed by atoms with Gasteiger partial charge in [-0.3, -0.25) is 0 Å². The second-order valence-corrected chi connectivity index (χ2v) is 3.97. The summed E-state index contributed by atoms with van der Waals surface area (Å²) in [6, 6.07) is 0. The van der Waals surface area contributed by atoms with E-state index in [4.69, 9.17) is 21.9 Å². The van der Waals surface area contributed by atoms with Crippen LogP contribution in [0.3, 0.4) is 0 Å². The van der Waals surface area contributed by atoms with Gasteiger partial charge < -0.3 is 15.2 Å². The van der Waals surface area contributed by atoms with E-state index in [0.29, 0.717) is 29.5 Å². The van der Waals surface area contributed by atoms with Gasteiger partial charge in [-0.15, -0.1) is 0 Å². The van der Waals surface area contributed by atoms with Crippen molar-refractivity contribution in [3.05, 3.63) is 28.1 Å². The molecular weight excluding hydrogens is 238 g/mol. The van der Waals surface area contributed by atoms with Gasteiger partial charge in [-0.25, -0.2) is 0 Å². The second-order valence-electron chi connectivity index (χ2n) is 3.59. The number of allylic oxidation sites excluding steroid dienone is 3. The van der Waals surface area contributed by atoms with Crippen LogP contribution in [-0.2, 0) is 4.74 Å². The van der Waals surface area contributed by atoms with E-state index in [1.807, 2.05) is 13.0 Å². The predicted molar refractivity (Wildman–Crippen MR) is 68.8 cm³/mol. The maximum absolute atomic E-state index is 8.92. The summed E-state index contributed by atoms with van der Waals surface area (Å²) >= 11 is 6.31. The van der Waals surface area contributed by atoms with Gasteiger partial charge in [0.05, 0.1) is 18.7 Å². The van der Waals surface area contributed by atoms with Crippen LogP contribution in [0.2, 0.25) is 0 Å². The molecule has 0 spiro atoms. The zero-order valence-corrected chi connectivity index (χ0v) is 11.3. The van der Waals surface area contributed by atoms with Gasteiger partial charge in [-0.1, -0.05) is 11.6 Å². The normalized spacial score (nSPS) is 15.5. The molecule has 94 valence electrons. The largest absolute Gasteiger partial charge is 0.486 e. The molecule has 0 aromatic rings. The Labute approximate surface area is 107 Å². The van der Waals surface area contributed by atoms with Crippen molar-refractivity contribution < 1.29 is 9.53 Å². The highest BCUT2D eigenvalue weighted by atomic mass is 35.5. The summed E-state index contributed by atoms with van der Waals surface area (Å²) in [7, 11) is 0. The number of hydrogen-bond acceptors (Lipinski definition) is 2. The lowest BCUT2D eigenvalue weighted by molar-refractivity contribution is -0.0120. The van der Waals surface area contributed by atoms with Crippen LogP contribution in [0.4, 0.5) is 0 Å². The molecule has 17 heavy (non-hydrogen) atoms. The Morgan fingerprint density at radius 3 is 2.53 bits per heavy atom. The van der Waals surface area contributed by atoms with Crippen LogP contribution in [0.15, 0.2) is 22.6 Å². The molecule has 0 fully saturated rings. The smallest absolute Gasteiger partial charge is 0.338 e. The van der Waals surface area contributed by atoms with Crippen LogP contribution in [0.1, 0.15) is 27.2 Å². The van der Waals surface area contributed by atoms with E-state index in [1.165, 1.54) is 0 Å². The lowest BCUT2D eigenvalue weighted by atomic mass is 10.1. The van der Waals surface area contributed by atoms with Crippen molar-refractivity contribution in [2.45, 2.75) is 27.2 Å². The Hall–Kier alpha value is -1.25. The molecule has 0 atom stereocenters. The number of ether oxygens (including phenoxy) is 1. The first-order valence-electron chi connectivity index (χ1n) is 5.88. The van der Waals surface area contributed by atoms with Crippen molar-refractivity contribution in [1.29, 1.82) is 0 Å². The van der Waals surface area contributed by atoms with E-state index in [0.717, 1.165) is 18.8 Å². The van der Waals surface area contributed by atoms with Gasteiger partial charge in [0, 0.05) is 13.1 Å². The first-order chi connectivity index (χ1) is 8.19. The second kappa shape index (κ2) is 6.48. The molecule has 1 rings (SSSR count). The Kier molecular flexibility index (Phi) is 5.26. The monoisotopic (exact) mass is 255 g/mol. The number of rotatable bonds is 5. The summed E-state index contributed by atoms with van der Waals surface area (Å²) in [4.78, 5) is 5.38. The fraction of sp³-hybridized carbons (Fsp3) is 0.583. The zero-order valence-electron chi connectivity index (χ0n) is 10.5. The topological polar surface area (TPSA) is 48.9 Å². The van der Waals surface area contributed by atoms with E-state index in [1.54, 1.807) is 0 Å². The molecular formula is C12H18ClN3O. The molecule has 0 amide bonds. The van der Waals surface area contributed by atoms with E-state index in [2.05, 4.69) is 23.5 Å². The molecule has 0 N–H and O–H groups in total. The minimum Gasteiger partial charge on any atom is -0.486 e. The van der Waals surface area contributed by atoms with Gasteiger partial charge in [-0.05, 0) is 26.8 Å². The predicted octanol–water partition coefficient (Wildman–Crippen LogP) is 2.77. The quantitative estimate of drug-likeness (QED) is 0.560. The highest BCUT2D eigenvalue weighted by Gasteiger charge is 2.28. The van der Waals surface area contributed by atoms with Crippen molar-refractivity contribution in [2.24, 2.45) is 0 Å². The van der Waals surface area contributed by atoms with Crippen LogP contribution in [0.25, 0.3) is 5.53 Å². The molecule has 1 aliphatic carbocycles. The van der Waals surface area contributed by atoms with Crippen molar-refractivity contribution in [3.8, 4) is 0 Å². The Morgan fingerprint density at radius 1 is 1.41 bits per heavy atom. The summed E-state index contributed by atoms with van der Waals surface area (Å²) in [5.41, 5.74) is 10.3. The first kappa shape index (κ1) is 13.8. The summed E-state index contributed by atoms with van der Waals surface area (Å²) < 4.78 is 5.46. The van der Waals surface area contributed by atoms with Crippen molar-refractivity contribution >= 4 is 17.3 Å². The lowest BCUT2D eigenvalue weighted by Crippen LogP contribution is -2.26. The van der Waals surface area contributed by atoms with E-state index >= 15 is 0 Å². The Balaban J connectivity index is 3.12. The molecule has 0 saturated heterocycles. The van der Waals surface area contributed by atoms with E-state index in [-0.39, 0.29) is 0 Å². The molecule has 1 aliphatic rings. The third-order valence-corrected chi connectivity index (χ3v) is 3.05. The molecule has 0 aromatic heterocycles. The summed E-state index contributed by atoms with van der Waals surface area (Å²) in [5.74, 6) is 0.487. The maximum Gasteiger partial charge on any atom is 0.338 e. The van der Waals surface area contributed by atoms with Crippen molar-refractivity contribution in [2.75, 3.05) is 19.7 Å². The van der Waals surface area contributed by atoms with E-state index in [9.17, 15) is 0 Å². The highest BCUT2D eigenvalue weighted by Crippen LogP contribution is 2.29. The summed E-state index contributed by atoms with van der Waals surface area (Å²) in [6.07, 6.45) is 2.50. The van der Waals surface area contributed by atoms with Crippen LogP contribution in [-0.4, -0.2) is 35.1 Å². The van der Waals surface area contributed by atoms with Gasteiger partial charge in [-0.2, -0.15) is 4.79 Å². The fourth-order valence-electron chi connectivity index (χ4n) is 1.83. The highest BCUT2D eigenvalue weighted by molar-refractivity contribution is 6.34. The Bertz CT molecular complexity index is 391. The molecule has 4 nitrogen and oxygen atoms in total. The maximum atomic E-state index is 8.92. The zero-order chi connectivity index (χ0) is 12.8. The molecule has 0 radical (unpaired) electrons. The van der Waals surface area contributed by atoms with Gasteiger partial charge >= 0.3 is 5.71 Å². The molecule has 0 saturated carbocycles. The van der Waals surface area contributed by atoms with Gasteiger partial charge in [0.25, 0.3) is 0 Å². The van der Waals surface area contributed by atoms with Crippen LogP contribution in [0, 0.1) is 0 Å². The van der Waals surface area contributed by atoms with Gasteiger partial charge in [0.2, 0.25) is 5.76 Å². The minimum absolute atomic E-state index is 0.479. The van der Waals surface area contributed by atoms with Crippen LogP contribution >= 0.6 is 11.6 Å². The summed E-state index contributed by atoms with van der Waals surface area (Å²) in [5, 5.41) is 0.523. The molecule has 0 heterocycles. The first-order valence-corrected chi connectivity index (χ1v) is 6.26. The van der Waals surface area contributed by atoms with Gasteiger partial charge in [0.1, 0.15) is 5.03 Å². The van der Waals surface area contributed by atoms with Crippen molar-refractivity contribution in [3.63, 3.8) is 0 Å². The van der Waals surface area contributed by atoms with Gasteiger partial charge in [0.15, 0.2) is 0 Å². The number of halogens is 1. The number of nitrogens with zero attached hydrogens (tertiary/aromatic N) is 3. The molecule has 0 unspecified atom stereocenters. The molecule has 0 aromatic carbocycles. The third kappa shape index (κ3) is 2.90. The Morgan fingerprint density at radius 2 is 2.06 bits per heavy atom. The fourth-order valence-corrected chi connectivity index (χ4v) is 2.19. The molecule has 5 heteroatoms. The van der Waals surface area contributed by atoms with E-state index < -0.39 is 0 Å². The standard InChI is InChI=1S/C12H18ClN3O/c1-4-16(5-2)10-8-7-9(15-14)12(11(10)13)17-6-3/h8H,4-7H2,1-3H3. The number of hydrogen-bond donors (Lipinski definition) is 0. The van der Waals surface area contributed by atoms with Crippen molar-refractivity contribution in [1.82, 2.24) is 4.90 Å². The SMILES string of the molecule is CCOC1=C(Cl)C(N(CC)CC)=CCC1=[N+]=[N-]. The van der Waals surface area contributed by atoms with Crippen LogP contribution in [0.5, 0.6) is 0 Å². The minimum atomic E-state index is 0.479. The summed E-state index contributed by atoms with van der Waals surface area (Å²) in [6.45, 7) is 8.28. The third-order valence-electron chi connectivity index (χ3n) is 2.69. The lowest BCUT2D eigenvalue weighted by Gasteiger charge is -2.26. The average molecular weight is 256 g/mol. The average Bonchev–Trinajstić information content (AvgIpc) is 2.35. The molecule has 0 bridgehead atoms. The number of likely N-dealkylation sites (N-methyl/N-ethyl adjacent to an activating group) is 1. The van der Waals surface area contributed by atoms with Crippen LogP contribution < -0.4 is 0 Å².